The zero-order valence-corrected chi connectivity index (χ0v) is 13.9. The van der Waals surface area contributed by atoms with E-state index in [0.717, 1.165) is 24.5 Å². The average molecular weight is 319 g/mol. The number of carbonyl (C=O) groups excluding carboxylic acids is 1. The molecule has 0 spiro atoms. The lowest BCUT2D eigenvalue weighted by atomic mass is 9.97. The van der Waals surface area contributed by atoms with Gasteiger partial charge in [-0.1, -0.05) is 29.8 Å². The summed E-state index contributed by atoms with van der Waals surface area (Å²) in [7, 11) is 0. The predicted octanol–water partition coefficient (Wildman–Crippen LogP) is 3.81. The third kappa shape index (κ3) is 7.03. The minimum atomic E-state index is 0.126. The number of benzene rings is 1. The summed E-state index contributed by atoms with van der Waals surface area (Å²) in [6.45, 7) is 1.40. The third-order valence-electron chi connectivity index (χ3n) is 3.63. The minimum absolute atomic E-state index is 0.126. The molecule has 2 rings (SSSR count). The molecule has 1 amide bonds. The average Bonchev–Trinajstić information content (AvgIpc) is 2.56. The fraction of sp³-hybridized carbons (Fsp3) is 0.500. The number of allylic oxidation sites excluding steroid dienone is 1. The second kappa shape index (κ2) is 10.3. The molecule has 0 saturated carbocycles. The molecular weight excluding hydrogens is 294 g/mol. The topological polar surface area (TPSA) is 38.3 Å². The molecular formula is C18H25NO2S. The van der Waals surface area contributed by atoms with Crippen LogP contribution in [0, 0.1) is 0 Å². The Kier molecular flexibility index (Phi) is 7.96. The Morgan fingerprint density at radius 3 is 2.86 bits per heavy atom. The number of hydrogen-bond donors (Lipinski definition) is 1. The highest BCUT2D eigenvalue weighted by Crippen LogP contribution is 2.19. The van der Waals surface area contributed by atoms with E-state index in [-0.39, 0.29) is 5.91 Å². The molecule has 0 aromatic heterocycles. The van der Waals surface area contributed by atoms with Crippen LogP contribution < -0.4 is 10.1 Å². The summed E-state index contributed by atoms with van der Waals surface area (Å²) in [6, 6.07) is 9.76. The zero-order chi connectivity index (χ0) is 15.5. The number of rotatable bonds is 9. The lowest BCUT2D eigenvalue weighted by Gasteiger charge is -2.12. The van der Waals surface area contributed by atoms with E-state index >= 15 is 0 Å². The number of hydrogen-bond acceptors (Lipinski definition) is 3. The summed E-state index contributed by atoms with van der Waals surface area (Å²) in [6.07, 6.45) is 8.38. The van der Waals surface area contributed by atoms with Gasteiger partial charge in [0, 0.05) is 12.3 Å². The summed E-state index contributed by atoms with van der Waals surface area (Å²) in [5.41, 5.74) is 1.51. The van der Waals surface area contributed by atoms with Crippen LogP contribution >= 0.6 is 11.8 Å². The Morgan fingerprint density at radius 1 is 1.23 bits per heavy atom. The number of ether oxygens (including phenoxy) is 1. The molecule has 1 N–H and O–H groups in total. The molecule has 0 fully saturated rings. The van der Waals surface area contributed by atoms with Gasteiger partial charge in [0.2, 0.25) is 5.91 Å². The van der Waals surface area contributed by atoms with Gasteiger partial charge in [0.1, 0.15) is 5.75 Å². The maximum atomic E-state index is 11.7. The highest BCUT2D eigenvalue weighted by Gasteiger charge is 2.05. The Balaban J connectivity index is 1.46. The van der Waals surface area contributed by atoms with Gasteiger partial charge in [0.25, 0.3) is 0 Å². The van der Waals surface area contributed by atoms with Crippen molar-refractivity contribution in [2.45, 2.75) is 32.1 Å². The molecule has 0 bridgehead atoms. The van der Waals surface area contributed by atoms with Crippen molar-refractivity contribution in [3.8, 4) is 5.75 Å². The van der Waals surface area contributed by atoms with E-state index < -0.39 is 0 Å². The standard InChI is InChI=1S/C18H25NO2S/c20-18(19-12-11-16-7-3-1-4-8-16)15-22-14-13-21-17-9-5-2-6-10-17/h2,5-7,9-10H,1,3-4,8,11-15H2,(H,19,20). The minimum Gasteiger partial charge on any atom is -0.493 e. The van der Waals surface area contributed by atoms with Crippen LogP contribution in [0.4, 0.5) is 0 Å². The summed E-state index contributed by atoms with van der Waals surface area (Å²) < 4.78 is 5.59. The van der Waals surface area contributed by atoms with Crippen LogP contribution in [-0.2, 0) is 4.79 Å². The van der Waals surface area contributed by atoms with Gasteiger partial charge in [-0.15, -0.1) is 11.8 Å². The lowest BCUT2D eigenvalue weighted by Crippen LogP contribution is -2.26. The molecule has 0 unspecified atom stereocenters. The third-order valence-corrected chi connectivity index (χ3v) is 4.55. The second-order valence-corrected chi connectivity index (χ2v) is 6.53. The molecule has 4 heteroatoms. The van der Waals surface area contributed by atoms with Crippen LogP contribution in [0.5, 0.6) is 5.75 Å². The number of para-hydroxylation sites is 1. The van der Waals surface area contributed by atoms with Crippen LogP contribution in [-0.4, -0.2) is 30.6 Å². The van der Waals surface area contributed by atoms with Gasteiger partial charge >= 0.3 is 0 Å². The molecule has 1 aliphatic carbocycles. The number of nitrogens with one attached hydrogen (secondary N) is 1. The van der Waals surface area contributed by atoms with E-state index in [4.69, 9.17) is 4.74 Å². The lowest BCUT2D eigenvalue weighted by molar-refractivity contribution is -0.118. The molecule has 22 heavy (non-hydrogen) atoms. The summed E-state index contributed by atoms with van der Waals surface area (Å²) in [5, 5.41) is 3.00. The van der Waals surface area contributed by atoms with Crippen molar-refractivity contribution in [2.75, 3.05) is 24.7 Å². The first-order valence-corrected chi connectivity index (χ1v) is 9.20. The van der Waals surface area contributed by atoms with E-state index in [1.165, 1.54) is 31.3 Å². The van der Waals surface area contributed by atoms with Crippen LogP contribution in [0.3, 0.4) is 0 Å². The number of thioether (sulfide) groups is 1. The van der Waals surface area contributed by atoms with E-state index in [1.54, 1.807) is 11.8 Å². The van der Waals surface area contributed by atoms with E-state index in [0.29, 0.717) is 12.4 Å². The molecule has 0 saturated heterocycles. The van der Waals surface area contributed by atoms with Crippen LogP contribution in [0.15, 0.2) is 42.0 Å². The molecule has 3 nitrogen and oxygen atoms in total. The summed E-state index contributed by atoms with van der Waals surface area (Å²) in [5.74, 6) is 2.35. The van der Waals surface area contributed by atoms with Gasteiger partial charge in [0.05, 0.1) is 12.4 Å². The fourth-order valence-corrected chi connectivity index (χ4v) is 3.08. The van der Waals surface area contributed by atoms with Crippen LogP contribution in [0.2, 0.25) is 0 Å². The van der Waals surface area contributed by atoms with E-state index in [9.17, 15) is 4.79 Å². The smallest absolute Gasteiger partial charge is 0.230 e. The Labute approximate surface area is 137 Å². The first-order chi connectivity index (χ1) is 10.8. The van der Waals surface area contributed by atoms with Crippen LogP contribution in [0.1, 0.15) is 32.1 Å². The van der Waals surface area contributed by atoms with Crippen molar-refractivity contribution < 1.29 is 9.53 Å². The van der Waals surface area contributed by atoms with Crippen molar-refractivity contribution in [2.24, 2.45) is 0 Å². The second-order valence-electron chi connectivity index (χ2n) is 5.42. The SMILES string of the molecule is O=C(CSCCOc1ccccc1)NCCC1=CCCCC1. The van der Waals surface area contributed by atoms with Gasteiger partial charge in [-0.2, -0.15) is 0 Å². The van der Waals surface area contributed by atoms with Crippen molar-refractivity contribution in [3.05, 3.63) is 42.0 Å². The number of amides is 1. The molecule has 0 heterocycles. The van der Waals surface area contributed by atoms with E-state index in [2.05, 4.69) is 11.4 Å². The highest BCUT2D eigenvalue weighted by molar-refractivity contribution is 7.99. The molecule has 0 aliphatic heterocycles. The van der Waals surface area contributed by atoms with Gasteiger partial charge in [-0.25, -0.2) is 0 Å². The Morgan fingerprint density at radius 2 is 2.09 bits per heavy atom. The summed E-state index contributed by atoms with van der Waals surface area (Å²) >= 11 is 1.61. The van der Waals surface area contributed by atoms with Crippen LogP contribution in [0.25, 0.3) is 0 Å². The van der Waals surface area contributed by atoms with Crippen molar-refractivity contribution in [1.29, 1.82) is 0 Å². The molecule has 0 radical (unpaired) electrons. The molecule has 120 valence electrons. The van der Waals surface area contributed by atoms with Gasteiger partial charge in [0.15, 0.2) is 0 Å². The largest absolute Gasteiger partial charge is 0.493 e. The fourth-order valence-electron chi connectivity index (χ4n) is 2.45. The Hall–Kier alpha value is -1.42. The van der Waals surface area contributed by atoms with Crippen molar-refractivity contribution in [3.63, 3.8) is 0 Å². The maximum Gasteiger partial charge on any atom is 0.230 e. The van der Waals surface area contributed by atoms with Crippen molar-refractivity contribution >= 4 is 17.7 Å². The van der Waals surface area contributed by atoms with Gasteiger partial charge in [-0.05, 0) is 44.2 Å². The highest BCUT2D eigenvalue weighted by atomic mass is 32.2. The molecule has 0 atom stereocenters. The predicted molar refractivity (Wildman–Crippen MR) is 93.4 cm³/mol. The molecule has 1 aromatic rings. The van der Waals surface area contributed by atoms with Crippen molar-refractivity contribution in [1.82, 2.24) is 5.32 Å². The first kappa shape index (κ1) is 16.9. The van der Waals surface area contributed by atoms with E-state index in [1.807, 2.05) is 30.3 Å². The molecule has 1 aliphatic rings. The number of carbonyl (C=O) groups is 1. The zero-order valence-electron chi connectivity index (χ0n) is 13.1. The van der Waals surface area contributed by atoms with Gasteiger partial charge in [-0.3, -0.25) is 4.79 Å². The normalized spacial score (nSPS) is 14.3. The monoisotopic (exact) mass is 319 g/mol. The quantitative estimate of drug-likeness (QED) is 0.556. The maximum absolute atomic E-state index is 11.7. The first-order valence-electron chi connectivity index (χ1n) is 8.05. The molecule has 1 aromatic carbocycles. The Bertz CT molecular complexity index is 473. The summed E-state index contributed by atoms with van der Waals surface area (Å²) in [4.78, 5) is 11.7. The van der Waals surface area contributed by atoms with Gasteiger partial charge < -0.3 is 10.1 Å².